The Balaban J connectivity index is 1.95. The highest BCUT2D eigenvalue weighted by molar-refractivity contribution is 5.09. The van der Waals surface area contributed by atoms with E-state index in [1.807, 2.05) is 13.0 Å². The van der Waals surface area contributed by atoms with Crippen molar-refractivity contribution in [3.05, 3.63) is 24.4 Å². The molecule has 1 aromatic heterocycles. The Labute approximate surface area is 101 Å². The zero-order valence-corrected chi connectivity index (χ0v) is 10.2. The number of nitrogens with zero attached hydrogens (tertiary/aromatic N) is 2. The molecule has 1 fully saturated rings. The van der Waals surface area contributed by atoms with E-state index in [1.54, 1.807) is 0 Å². The van der Waals surface area contributed by atoms with Crippen molar-refractivity contribution in [1.29, 1.82) is 0 Å². The maximum atomic E-state index is 6.12. The maximum Gasteiger partial charge on any atom is 0.255 e. The van der Waals surface area contributed by atoms with Crippen LogP contribution in [0.5, 0.6) is 0 Å². The number of hydrogen-bond acceptors (Lipinski definition) is 5. The van der Waals surface area contributed by atoms with E-state index in [1.165, 1.54) is 0 Å². The average molecular weight is 237 g/mol. The van der Waals surface area contributed by atoms with E-state index >= 15 is 0 Å². The summed E-state index contributed by atoms with van der Waals surface area (Å²) >= 11 is 0. The van der Waals surface area contributed by atoms with Gasteiger partial charge in [0.15, 0.2) is 5.82 Å². The summed E-state index contributed by atoms with van der Waals surface area (Å²) in [6.07, 6.45) is 5.42. The second-order valence-electron chi connectivity index (χ2n) is 4.56. The monoisotopic (exact) mass is 237 g/mol. The molecule has 1 aromatic rings. The lowest BCUT2D eigenvalue weighted by Gasteiger charge is -2.34. The fraction of sp³-hybridized carbons (Fsp3) is 0.667. The van der Waals surface area contributed by atoms with Crippen LogP contribution in [0.2, 0.25) is 0 Å². The molecule has 1 aliphatic rings. The van der Waals surface area contributed by atoms with Gasteiger partial charge < -0.3 is 15.0 Å². The standard InChI is InChI=1S/C12H19N3O2/c1-3-4-8-16-9(2)10-14-11(15-17-10)12(13)6-5-7-12/h3,9H,1,4-8,13H2,2H3. The van der Waals surface area contributed by atoms with Crippen molar-refractivity contribution >= 4 is 0 Å². The number of rotatable bonds is 6. The van der Waals surface area contributed by atoms with Crippen molar-refractivity contribution in [2.24, 2.45) is 5.73 Å². The van der Waals surface area contributed by atoms with E-state index in [9.17, 15) is 0 Å². The van der Waals surface area contributed by atoms with Gasteiger partial charge in [-0.3, -0.25) is 0 Å². The third kappa shape index (κ3) is 2.56. The summed E-state index contributed by atoms with van der Waals surface area (Å²) < 4.78 is 10.7. The molecule has 1 saturated carbocycles. The number of nitrogens with two attached hydrogens (primary N) is 1. The topological polar surface area (TPSA) is 74.2 Å². The molecular formula is C12H19N3O2. The Morgan fingerprint density at radius 3 is 3.00 bits per heavy atom. The van der Waals surface area contributed by atoms with Crippen LogP contribution in [0, 0.1) is 0 Å². The Hall–Kier alpha value is -1.20. The van der Waals surface area contributed by atoms with Gasteiger partial charge in [0.25, 0.3) is 5.89 Å². The van der Waals surface area contributed by atoms with E-state index in [0.717, 1.165) is 25.7 Å². The summed E-state index contributed by atoms with van der Waals surface area (Å²) in [5.74, 6) is 1.11. The average Bonchev–Trinajstić information content (AvgIpc) is 2.75. The van der Waals surface area contributed by atoms with Gasteiger partial charge in [0.1, 0.15) is 6.10 Å². The van der Waals surface area contributed by atoms with Gasteiger partial charge in [-0.1, -0.05) is 11.2 Å². The lowest BCUT2D eigenvalue weighted by atomic mass is 9.77. The second kappa shape index (κ2) is 4.98. The van der Waals surface area contributed by atoms with E-state index in [4.69, 9.17) is 15.0 Å². The molecule has 0 aromatic carbocycles. The molecule has 5 nitrogen and oxygen atoms in total. The summed E-state index contributed by atoms with van der Waals surface area (Å²) in [5.41, 5.74) is 5.75. The minimum Gasteiger partial charge on any atom is -0.368 e. The maximum absolute atomic E-state index is 6.12. The molecule has 17 heavy (non-hydrogen) atoms. The second-order valence-corrected chi connectivity index (χ2v) is 4.56. The summed E-state index contributed by atoms with van der Waals surface area (Å²) in [6.45, 7) is 6.14. The van der Waals surface area contributed by atoms with Crippen LogP contribution in [-0.2, 0) is 10.3 Å². The van der Waals surface area contributed by atoms with Crippen LogP contribution >= 0.6 is 0 Å². The fourth-order valence-electron chi connectivity index (χ4n) is 1.78. The molecule has 1 atom stereocenters. The SMILES string of the molecule is C=CCCOC(C)c1nc(C2(N)CCC2)no1. The molecule has 1 heterocycles. The summed E-state index contributed by atoms with van der Waals surface area (Å²) in [5, 5.41) is 3.95. The van der Waals surface area contributed by atoms with E-state index in [0.29, 0.717) is 18.3 Å². The first-order valence-electron chi connectivity index (χ1n) is 6.01. The van der Waals surface area contributed by atoms with Crippen LogP contribution < -0.4 is 5.73 Å². The smallest absolute Gasteiger partial charge is 0.255 e. The van der Waals surface area contributed by atoms with Crippen LogP contribution in [0.25, 0.3) is 0 Å². The summed E-state index contributed by atoms with van der Waals surface area (Å²) in [7, 11) is 0. The van der Waals surface area contributed by atoms with Gasteiger partial charge in [-0.15, -0.1) is 6.58 Å². The molecule has 0 amide bonds. The molecular weight excluding hydrogens is 218 g/mol. The van der Waals surface area contributed by atoms with Gasteiger partial charge in [-0.25, -0.2) is 0 Å². The summed E-state index contributed by atoms with van der Waals surface area (Å²) in [6, 6.07) is 0. The Morgan fingerprint density at radius 1 is 1.65 bits per heavy atom. The van der Waals surface area contributed by atoms with Gasteiger partial charge in [0.05, 0.1) is 12.1 Å². The van der Waals surface area contributed by atoms with Gasteiger partial charge in [-0.2, -0.15) is 4.98 Å². The Morgan fingerprint density at radius 2 is 2.41 bits per heavy atom. The molecule has 2 N–H and O–H groups in total. The Kier molecular flexibility index (Phi) is 3.59. The minimum absolute atomic E-state index is 0.195. The largest absolute Gasteiger partial charge is 0.368 e. The number of aromatic nitrogens is 2. The van der Waals surface area contributed by atoms with Crippen molar-refractivity contribution < 1.29 is 9.26 Å². The third-order valence-electron chi connectivity index (χ3n) is 3.17. The number of hydrogen-bond donors (Lipinski definition) is 1. The molecule has 0 radical (unpaired) electrons. The first-order valence-corrected chi connectivity index (χ1v) is 6.01. The Bertz CT molecular complexity index is 385. The molecule has 0 saturated heterocycles. The predicted octanol–water partition coefficient (Wildman–Crippen LogP) is 2.06. The quantitative estimate of drug-likeness (QED) is 0.605. The van der Waals surface area contributed by atoms with Crippen LogP contribution in [0.1, 0.15) is 50.4 Å². The summed E-state index contributed by atoms with van der Waals surface area (Å²) in [4.78, 5) is 4.33. The molecule has 1 aliphatic carbocycles. The van der Waals surface area contributed by atoms with Crippen molar-refractivity contribution in [2.75, 3.05) is 6.61 Å². The van der Waals surface area contributed by atoms with E-state index in [-0.39, 0.29) is 11.6 Å². The normalized spacial score (nSPS) is 19.6. The highest BCUT2D eigenvalue weighted by Gasteiger charge is 2.39. The zero-order valence-electron chi connectivity index (χ0n) is 10.2. The predicted molar refractivity (Wildman–Crippen MR) is 63.2 cm³/mol. The van der Waals surface area contributed by atoms with Gasteiger partial charge in [-0.05, 0) is 32.6 Å². The van der Waals surface area contributed by atoms with Crippen LogP contribution in [0.15, 0.2) is 17.2 Å². The molecule has 0 spiro atoms. The molecule has 0 bridgehead atoms. The van der Waals surface area contributed by atoms with Crippen molar-refractivity contribution in [3.8, 4) is 0 Å². The van der Waals surface area contributed by atoms with Crippen LogP contribution in [-0.4, -0.2) is 16.7 Å². The first-order chi connectivity index (χ1) is 8.15. The van der Waals surface area contributed by atoms with Gasteiger partial charge >= 0.3 is 0 Å². The van der Waals surface area contributed by atoms with Crippen LogP contribution in [0.3, 0.4) is 0 Å². The highest BCUT2D eigenvalue weighted by Crippen LogP contribution is 2.37. The van der Waals surface area contributed by atoms with Gasteiger partial charge in [0.2, 0.25) is 0 Å². The lowest BCUT2D eigenvalue weighted by Crippen LogP contribution is -2.44. The fourth-order valence-corrected chi connectivity index (χ4v) is 1.78. The zero-order chi connectivity index (χ0) is 12.3. The number of ether oxygens (including phenoxy) is 1. The van der Waals surface area contributed by atoms with Crippen molar-refractivity contribution in [1.82, 2.24) is 10.1 Å². The molecule has 94 valence electrons. The van der Waals surface area contributed by atoms with Gasteiger partial charge in [0, 0.05) is 0 Å². The lowest BCUT2D eigenvalue weighted by molar-refractivity contribution is 0.0459. The highest BCUT2D eigenvalue weighted by atomic mass is 16.5. The van der Waals surface area contributed by atoms with Crippen LogP contribution in [0.4, 0.5) is 0 Å². The molecule has 0 aliphatic heterocycles. The molecule has 1 unspecified atom stereocenters. The molecule has 5 heteroatoms. The first kappa shape index (κ1) is 12.3. The molecule has 2 rings (SSSR count). The minimum atomic E-state index is -0.372. The van der Waals surface area contributed by atoms with Crippen molar-refractivity contribution in [2.45, 2.75) is 44.2 Å². The van der Waals surface area contributed by atoms with E-state index < -0.39 is 0 Å². The third-order valence-corrected chi connectivity index (χ3v) is 3.17. The van der Waals surface area contributed by atoms with E-state index in [2.05, 4.69) is 16.7 Å². The van der Waals surface area contributed by atoms with Crippen molar-refractivity contribution in [3.63, 3.8) is 0 Å².